The van der Waals surface area contributed by atoms with Crippen LogP contribution in [0, 0.1) is 0 Å². The van der Waals surface area contributed by atoms with Crippen LogP contribution in [0.15, 0.2) is 140 Å². The summed E-state index contributed by atoms with van der Waals surface area (Å²) in [6.45, 7) is 0. The summed E-state index contributed by atoms with van der Waals surface area (Å²) in [6.07, 6.45) is 18.9. The molecule has 210 valence electrons. The number of hydrogen-bond acceptors (Lipinski definition) is 1. The number of allylic oxidation sites excluding steroid dienone is 5. The van der Waals surface area contributed by atoms with Gasteiger partial charge in [0.1, 0.15) is 0 Å². The summed E-state index contributed by atoms with van der Waals surface area (Å²) in [7, 11) is 0. The van der Waals surface area contributed by atoms with Gasteiger partial charge in [-0.2, -0.15) is 0 Å². The third-order valence-corrected chi connectivity index (χ3v) is 9.36. The molecule has 0 spiro atoms. The van der Waals surface area contributed by atoms with Crippen LogP contribution >= 0.6 is 0 Å². The van der Waals surface area contributed by atoms with Crippen LogP contribution in [0.4, 0.5) is 0 Å². The van der Waals surface area contributed by atoms with Gasteiger partial charge in [0.25, 0.3) is 0 Å². The standard InChI is InChI=1S/C41H31N3/c1-5-19-38-34(15-1)35-16-2-6-20-39(35)43(38)32-13-9-11-28(24-32)30-23-31(27-42-26-30)29-12-10-14-33(25-29)44-40-21-7-3-17-36(40)37-18-4-8-22-41(37)44/h1-3,5-13,15-17,19-27,33H,4,14,18H2. The lowest BCUT2D eigenvalue weighted by atomic mass is 9.95. The van der Waals surface area contributed by atoms with E-state index < -0.39 is 0 Å². The second kappa shape index (κ2) is 10.1. The molecule has 3 nitrogen and oxygen atoms in total. The number of aryl methyl sites for hydroxylation is 1. The van der Waals surface area contributed by atoms with Crippen molar-refractivity contribution in [1.82, 2.24) is 14.1 Å². The summed E-state index contributed by atoms with van der Waals surface area (Å²) in [4.78, 5) is 4.74. The molecule has 1 unspecified atom stereocenters. The van der Waals surface area contributed by atoms with Crippen molar-refractivity contribution in [3.05, 3.63) is 157 Å². The Bertz CT molecular complexity index is 2270. The van der Waals surface area contributed by atoms with Crippen LogP contribution in [0.3, 0.4) is 0 Å². The fraction of sp³-hybridized carbons (Fsp3) is 0.0976. The summed E-state index contributed by atoms with van der Waals surface area (Å²) in [5, 5.41) is 3.94. The SMILES string of the molecule is C1=Cc2c(c3ccccc3n2C2C=C(c3cncc(-c4cccc(-n5c6ccccc6c6ccccc65)c4)c3)C=CC2)CC1. The van der Waals surface area contributed by atoms with E-state index in [-0.39, 0.29) is 6.04 Å². The van der Waals surface area contributed by atoms with Gasteiger partial charge in [0.05, 0.1) is 17.1 Å². The van der Waals surface area contributed by atoms with Crippen molar-refractivity contribution < 1.29 is 0 Å². The van der Waals surface area contributed by atoms with Gasteiger partial charge in [-0.05, 0) is 78.4 Å². The molecule has 0 amide bonds. The van der Waals surface area contributed by atoms with Crippen LogP contribution in [-0.2, 0) is 6.42 Å². The van der Waals surface area contributed by atoms with Crippen molar-refractivity contribution >= 4 is 44.4 Å². The van der Waals surface area contributed by atoms with E-state index in [1.54, 1.807) is 0 Å². The minimum Gasteiger partial charge on any atom is -0.333 e. The highest BCUT2D eigenvalue weighted by molar-refractivity contribution is 6.09. The summed E-state index contributed by atoms with van der Waals surface area (Å²) >= 11 is 0. The van der Waals surface area contributed by atoms with Crippen LogP contribution in [0.1, 0.15) is 35.7 Å². The van der Waals surface area contributed by atoms with E-state index >= 15 is 0 Å². The first-order chi connectivity index (χ1) is 21.8. The zero-order valence-corrected chi connectivity index (χ0v) is 24.4. The molecule has 2 aliphatic rings. The molecule has 0 aliphatic heterocycles. The lowest BCUT2D eigenvalue weighted by Gasteiger charge is -2.23. The maximum atomic E-state index is 4.74. The molecule has 0 radical (unpaired) electrons. The first-order valence-corrected chi connectivity index (χ1v) is 15.5. The second-order valence-corrected chi connectivity index (χ2v) is 11.9. The molecule has 3 heterocycles. The van der Waals surface area contributed by atoms with Crippen molar-refractivity contribution in [2.75, 3.05) is 0 Å². The largest absolute Gasteiger partial charge is 0.333 e. The fourth-order valence-corrected chi connectivity index (χ4v) is 7.39. The lowest BCUT2D eigenvalue weighted by Crippen LogP contribution is -2.11. The minimum atomic E-state index is 0.258. The summed E-state index contributed by atoms with van der Waals surface area (Å²) in [5.41, 5.74) is 12.4. The molecule has 7 aromatic rings. The molecular formula is C41H31N3. The average Bonchev–Trinajstić information content (AvgIpc) is 3.62. The van der Waals surface area contributed by atoms with Gasteiger partial charge in [0.2, 0.25) is 0 Å². The zero-order chi connectivity index (χ0) is 29.0. The molecule has 0 saturated heterocycles. The van der Waals surface area contributed by atoms with E-state index in [0.717, 1.165) is 41.6 Å². The Balaban J connectivity index is 1.12. The molecule has 1 atom stereocenters. The number of rotatable bonds is 4. The Morgan fingerprint density at radius 3 is 2.16 bits per heavy atom. The Morgan fingerprint density at radius 2 is 1.34 bits per heavy atom. The molecule has 4 aromatic carbocycles. The predicted molar refractivity (Wildman–Crippen MR) is 184 cm³/mol. The average molecular weight is 566 g/mol. The van der Waals surface area contributed by atoms with Crippen LogP contribution in [0.2, 0.25) is 0 Å². The topological polar surface area (TPSA) is 22.8 Å². The molecule has 0 saturated carbocycles. The normalized spacial score (nSPS) is 16.1. The second-order valence-electron chi connectivity index (χ2n) is 11.9. The third-order valence-electron chi connectivity index (χ3n) is 9.36. The first-order valence-electron chi connectivity index (χ1n) is 15.5. The van der Waals surface area contributed by atoms with Gasteiger partial charge in [-0.3, -0.25) is 4.98 Å². The summed E-state index contributed by atoms with van der Waals surface area (Å²) in [6, 6.07) is 37.6. The molecule has 0 fully saturated rings. The summed E-state index contributed by atoms with van der Waals surface area (Å²) < 4.78 is 4.93. The van der Waals surface area contributed by atoms with E-state index in [1.165, 1.54) is 49.5 Å². The van der Waals surface area contributed by atoms with E-state index in [0.29, 0.717) is 0 Å². The number of nitrogens with zero attached hydrogens (tertiary/aromatic N) is 3. The third kappa shape index (κ3) is 3.93. The van der Waals surface area contributed by atoms with Gasteiger partial charge < -0.3 is 9.13 Å². The molecule has 0 N–H and O–H groups in total. The van der Waals surface area contributed by atoms with Crippen molar-refractivity contribution in [3.63, 3.8) is 0 Å². The highest BCUT2D eigenvalue weighted by atomic mass is 15.0. The Hall–Kier alpha value is -5.41. The first kappa shape index (κ1) is 25.1. The van der Waals surface area contributed by atoms with Crippen molar-refractivity contribution in [1.29, 1.82) is 0 Å². The quantitative estimate of drug-likeness (QED) is 0.208. The molecule has 3 heteroatoms. The number of aromatic nitrogens is 3. The van der Waals surface area contributed by atoms with Gasteiger partial charge in [-0.15, -0.1) is 0 Å². The smallest absolute Gasteiger partial charge is 0.0566 e. The minimum absolute atomic E-state index is 0.258. The van der Waals surface area contributed by atoms with Crippen LogP contribution < -0.4 is 0 Å². The maximum absolute atomic E-state index is 4.74. The zero-order valence-electron chi connectivity index (χ0n) is 24.4. The van der Waals surface area contributed by atoms with Gasteiger partial charge >= 0.3 is 0 Å². The highest BCUT2D eigenvalue weighted by Crippen LogP contribution is 2.38. The van der Waals surface area contributed by atoms with Crippen LogP contribution in [0.25, 0.3) is 61.2 Å². The van der Waals surface area contributed by atoms with Gasteiger partial charge in [-0.1, -0.05) is 91.0 Å². The van der Waals surface area contributed by atoms with Crippen LogP contribution in [0.5, 0.6) is 0 Å². The van der Waals surface area contributed by atoms with Crippen molar-refractivity contribution in [2.45, 2.75) is 25.3 Å². The van der Waals surface area contributed by atoms with E-state index in [2.05, 4.69) is 143 Å². The van der Waals surface area contributed by atoms with E-state index in [1.807, 2.05) is 12.4 Å². The molecule has 2 aliphatic carbocycles. The number of fused-ring (bicyclic) bond motifs is 6. The van der Waals surface area contributed by atoms with Gasteiger partial charge in [0.15, 0.2) is 0 Å². The monoisotopic (exact) mass is 565 g/mol. The van der Waals surface area contributed by atoms with Crippen LogP contribution in [-0.4, -0.2) is 14.1 Å². The number of pyridine rings is 1. The maximum Gasteiger partial charge on any atom is 0.0566 e. The molecule has 0 bridgehead atoms. The van der Waals surface area contributed by atoms with Gasteiger partial charge in [0, 0.05) is 56.6 Å². The van der Waals surface area contributed by atoms with Crippen molar-refractivity contribution in [2.24, 2.45) is 0 Å². The highest BCUT2D eigenvalue weighted by Gasteiger charge is 2.23. The predicted octanol–water partition coefficient (Wildman–Crippen LogP) is 10.3. The fourth-order valence-electron chi connectivity index (χ4n) is 7.39. The summed E-state index contributed by atoms with van der Waals surface area (Å²) in [5.74, 6) is 0. The Labute approximate surface area is 256 Å². The van der Waals surface area contributed by atoms with E-state index in [4.69, 9.17) is 4.98 Å². The van der Waals surface area contributed by atoms with Crippen molar-refractivity contribution in [3.8, 4) is 16.8 Å². The number of para-hydroxylation sites is 3. The molecule has 9 rings (SSSR count). The molecule has 3 aromatic heterocycles. The molecule has 44 heavy (non-hydrogen) atoms. The van der Waals surface area contributed by atoms with E-state index in [9.17, 15) is 0 Å². The van der Waals surface area contributed by atoms with Gasteiger partial charge in [-0.25, -0.2) is 0 Å². The Kier molecular flexibility index (Phi) is 5.77. The number of benzene rings is 4. The Morgan fingerprint density at radius 1 is 0.614 bits per heavy atom. The number of hydrogen-bond donors (Lipinski definition) is 0. The molecular weight excluding hydrogens is 534 g/mol. The lowest BCUT2D eigenvalue weighted by molar-refractivity contribution is 0.623.